The van der Waals surface area contributed by atoms with Gasteiger partial charge in [-0.2, -0.15) is 4.37 Å². The van der Waals surface area contributed by atoms with Gasteiger partial charge in [-0.3, -0.25) is 0 Å². The Morgan fingerprint density at radius 1 is 1.43 bits per heavy atom. The van der Waals surface area contributed by atoms with Crippen molar-refractivity contribution < 1.29 is 14.3 Å². The van der Waals surface area contributed by atoms with Gasteiger partial charge in [-0.1, -0.05) is 22.0 Å². The molecule has 0 aliphatic heterocycles. The summed E-state index contributed by atoms with van der Waals surface area (Å²) in [6.45, 7) is 2.27. The van der Waals surface area contributed by atoms with Gasteiger partial charge in [-0.05, 0) is 36.7 Å². The number of carbonyl (C=O) groups excluding carboxylic acids is 1. The van der Waals surface area contributed by atoms with Gasteiger partial charge < -0.3 is 14.8 Å². The molecule has 0 atom stereocenters. The number of nitrogens with one attached hydrogen (secondary N) is 1. The van der Waals surface area contributed by atoms with Crippen LogP contribution in [-0.4, -0.2) is 30.6 Å². The van der Waals surface area contributed by atoms with Crippen LogP contribution in [0, 0.1) is 6.92 Å². The number of hydrogen-bond acceptors (Lipinski definition) is 6. The van der Waals surface area contributed by atoms with Crippen LogP contribution in [0.1, 0.15) is 16.1 Å². The van der Waals surface area contributed by atoms with Crippen LogP contribution in [-0.2, 0) is 4.74 Å². The predicted molar refractivity (Wildman–Crippen MR) is 86.3 cm³/mol. The second kappa shape index (κ2) is 7.42. The van der Waals surface area contributed by atoms with Crippen molar-refractivity contribution in [3.05, 3.63) is 40.0 Å². The first kappa shape index (κ1) is 15.8. The quantitative estimate of drug-likeness (QED) is 0.622. The van der Waals surface area contributed by atoms with Gasteiger partial charge in [0.1, 0.15) is 29.5 Å². The average molecular weight is 371 g/mol. The van der Waals surface area contributed by atoms with E-state index in [0.717, 1.165) is 10.2 Å². The van der Waals surface area contributed by atoms with Gasteiger partial charge >= 0.3 is 5.97 Å². The minimum Gasteiger partial charge on any atom is -0.490 e. The molecule has 0 aliphatic carbocycles. The van der Waals surface area contributed by atoms with E-state index in [0.29, 0.717) is 22.9 Å². The third-order valence-electron chi connectivity index (χ3n) is 2.68. The van der Waals surface area contributed by atoms with Gasteiger partial charge in [-0.15, -0.1) is 0 Å². The number of hydrogen-bond donors (Lipinski definition) is 1. The van der Waals surface area contributed by atoms with Crippen molar-refractivity contribution in [1.82, 2.24) is 4.37 Å². The number of benzene rings is 1. The lowest BCUT2D eigenvalue weighted by molar-refractivity contribution is 0.0451. The monoisotopic (exact) mass is 370 g/mol. The summed E-state index contributed by atoms with van der Waals surface area (Å²) < 4.78 is 15.8. The molecule has 5 nitrogen and oxygen atoms in total. The summed E-state index contributed by atoms with van der Waals surface area (Å²) in [6.07, 6.45) is 0. The Morgan fingerprint density at radius 3 is 2.95 bits per heavy atom. The van der Waals surface area contributed by atoms with E-state index in [9.17, 15) is 4.79 Å². The van der Waals surface area contributed by atoms with E-state index in [1.807, 2.05) is 24.3 Å². The Morgan fingerprint density at radius 2 is 2.24 bits per heavy atom. The Labute approximate surface area is 135 Å². The summed E-state index contributed by atoms with van der Waals surface area (Å²) >= 11 is 4.61. The number of aromatic nitrogens is 1. The zero-order valence-corrected chi connectivity index (χ0v) is 14.1. The molecule has 1 aromatic carbocycles. The third-order valence-corrected chi connectivity index (χ3v) is 4.12. The number of halogens is 1. The fourth-order valence-corrected chi connectivity index (χ4v) is 2.81. The number of rotatable bonds is 6. The molecule has 0 spiro atoms. The smallest absolute Gasteiger partial charge is 0.343 e. The van der Waals surface area contributed by atoms with E-state index in [1.54, 1.807) is 14.0 Å². The van der Waals surface area contributed by atoms with E-state index < -0.39 is 0 Å². The zero-order valence-electron chi connectivity index (χ0n) is 11.7. The summed E-state index contributed by atoms with van der Waals surface area (Å²) in [5, 5.41) is 3.65. The van der Waals surface area contributed by atoms with Gasteiger partial charge in [0.2, 0.25) is 0 Å². The van der Waals surface area contributed by atoms with Crippen molar-refractivity contribution in [3.63, 3.8) is 0 Å². The second-order valence-corrected chi connectivity index (χ2v) is 5.85. The number of carbonyl (C=O) groups is 1. The summed E-state index contributed by atoms with van der Waals surface area (Å²) in [4.78, 5) is 12.0. The summed E-state index contributed by atoms with van der Waals surface area (Å²) in [7, 11) is 1.75. The Balaban J connectivity index is 1.83. The molecule has 1 N–H and O–H groups in total. The molecular formula is C14H15BrN2O3S. The third kappa shape index (κ3) is 4.18. The summed E-state index contributed by atoms with van der Waals surface area (Å²) in [5.74, 6) is 0.341. The molecule has 7 heteroatoms. The Hall–Kier alpha value is -1.60. The van der Waals surface area contributed by atoms with Crippen LogP contribution < -0.4 is 10.1 Å². The molecule has 21 heavy (non-hydrogen) atoms. The van der Waals surface area contributed by atoms with Crippen LogP contribution in [0.25, 0.3) is 0 Å². The number of esters is 1. The molecule has 0 amide bonds. The molecular weight excluding hydrogens is 356 g/mol. The zero-order chi connectivity index (χ0) is 15.2. The van der Waals surface area contributed by atoms with E-state index in [2.05, 4.69) is 25.6 Å². The van der Waals surface area contributed by atoms with Crippen molar-refractivity contribution in [2.45, 2.75) is 6.92 Å². The van der Waals surface area contributed by atoms with Crippen molar-refractivity contribution in [2.24, 2.45) is 0 Å². The van der Waals surface area contributed by atoms with Gasteiger partial charge in [0.25, 0.3) is 0 Å². The molecule has 0 unspecified atom stereocenters. The van der Waals surface area contributed by atoms with Crippen LogP contribution in [0.15, 0.2) is 28.7 Å². The standard InChI is InChI=1S/C14H15BrN2O3S/c1-9-12(13(16-2)21-17-9)14(18)20-7-6-19-11-5-3-4-10(15)8-11/h3-5,8,16H,6-7H2,1-2H3. The van der Waals surface area contributed by atoms with Crippen LogP contribution in [0.5, 0.6) is 5.75 Å². The minimum absolute atomic E-state index is 0.184. The highest BCUT2D eigenvalue weighted by Crippen LogP contribution is 2.24. The first-order valence-corrected chi connectivity index (χ1v) is 7.88. The maximum absolute atomic E-state index is 12.0. The molecule has 0 saturated carbocycles. The molecule has 1 aromatic heterocycles. The predicted octanol–water partition coefficient (Wildman–Crippen LogP) is 3.49. The lowest BCUT2D eigenvalue weighted by atomic mass is 10.2. The highest BCUT2D eigenvalue weighted by atomic mass is 79.9. The van der Waals surface area contributed by atoms with Gasteiger partial charge in [-0.25, -0.2) is 4.79 Å². The molecule has 2 aromatic rings. The van der Waals surface area contributed by atoms with E-state index in [-0.39, 0.29) is 12.6 Å². The first-order valence-electron chi connectivity index (χ1n) is 6.31. The molecule has 112 valence electrons. The maximum Gasteiger partial charge on any atom is 0.343 e. The highest BCUT2D eigenvalue weighted by molar-refractivity contribution is 9.10. The van der Waals surface area contributed by atoms with Gasteiger partial charge in [0.05, 0.1) is 5.69 Å². The molecule has 0 radical (unpaired) electrons. The highest BCUT2D eigenvalue weighted by Gasteiger charge is 2.18. The van der Waals surface area contributed by atoms with Crippen molar-refractivity contribution >= 4 is 38.4 Å². The Bertz CT molecular complexity index is 630. The fraction of sp³-hybridized carbons (Fsp3) is 0.286. The van der Waals surface area contributed by atoms with E-state index in [4.69, 9.17) is 9.47 Å². The molecule has 0 aliphatic rings. The van der Waals surface area contributed by atoms with Crippen LogP contribution in [0.4, 0.5) is 5.00 Å². The SMILES string of the molecule is CNc1snc(C)c1C(=O)OCCOc1cccc(Br)c1. The van der Waals surface area contributed by atoms with Crippen molar-refractivity contribution in [2.75, 3.05) is 25.6 Å². The topological polar surface area (TPSA) is 60.5 Å². The fourth-order valence-electron chi connectivity index (χ4n) is 1.70. The van der Waals surface area contributed by atoms with Crippen LogP contribution >= 0.6 is 27.5 Å². The molecule has 0 saturated heterocycles. The largest absolute Gasteiger partial charge is 0.490 e. The second-order valence-electron chi connectivity index (χ2n) is 4.16. The van der Waals surface area contributed by atoms with Crippen molar-refractivity contribution in [1.29, 1.82) is 0 Å². The molecule has 0 fully saturated rings. The first-order chi connectivity index (χ1) is 10.1. The van der Waals surface area contributed by atoms with E-state index >= 15 is 0 Å². The lowest BCUT2D eigenvalue weighted by Gasteiger charge is -2.08. The molecule has 0 bridgehead atoms. The summed E-state index contributed by atoms with van der Waals surface area (Å²) in [6, 6.07) is 7.50. The Kier molecular flexibility index (Phi) is 5.58. The van der Waals surface area contributed by atoms with Crippen LogP contribution in [0.3, 0.4) is 0 Å². The minimum atomic E-state index is -0.386. The molecule has 2 rings (SSSR count). The van der Waals surface area contributed by atoms with Gasteiger partial charge in [0, 0.05) is 11.5 Å². The number of anilines is 1. The normalized spacial score (nSPS) is 10.2. The number of aryl methyl sites for hydroxylation is 1. The van der Waals surface area contributed by atoms with E-state index in [1.165, 1.54) is 11.5 Å². The number of nitrogens with zero attached hydrogens (tertiary/aromatic N) is 1. The lowest BCUT2D eigenvalue weighted by Crippen LogP contribution is -2.13. The van der Waals surface area contributed by atoms with Gasteiger partial charge in [0.15, 0.2) is 0 Å². The average Bonchev–Trinajstić information content (AvgIpc) is 2.84. The maximum atomic E-state index is 12.0. The van der Waals surface area contributed by atoms with Crippen molar-refractivity contribution in [3.8, 4) is 5.75 Å². The summed E-state index contributed by atoms with van der Waals surface area (Å²) in [5.41, 5.74) is 1.16. The van der Waals surface area contributed by atoms with Crippen LogP contribution in [0.2, 0.25) is 0 Å². The molecule has 1 heterocycles. The number of ether oxygens (including phenoxy) is 2.